The summed E-state index contributed by atoms with van der Waals surface area (Å²) in [6.45, 7) is 1.70. The number of benzene rings is 2. The maximum Gasteiger partial charge on any atom is 0.265 e. The van der Waals surface area contributed by atoms with Crippen molar-refractivity contribution in [2.75, 3.05) is 10.6 Å². The number of hydrogen-bond acceptors (Lipinski definition) is 3. The third-order valence-electron chi connectivity index (χ3n) is 4.80. The molecule has 0 saturated carbocycles. The molecule has 0 unspecified atom stereocenters. The van der Waals surface area contributed by atoms with Gasteiger partial charge < -0.3 is 19.9 Å². The number of ether oxygens (including phenoxy) is 1. The summed E-state index contributed by atoms with van der Waals surface area (Å²) in [5, 5.41) is 6.85. The highest BCUT2D eigenvalue weighted by atomic mass is 16.5. The number of aromatic nitrogens is 1. The largest absolute Gasteiger partial charge is 0.479 e. The van der Waals surface area contributed by atoms with Crippen molar-refractivity contribution in [2.45, 2.75) is 25.9 Å². The summed E-state index contributed by atoms with van der Waals surface area (Å²) in [7, 11) is 2.01. The molecule has 0 radical (unpaired) electrons. The van der Waals surface area contributed by atoms with Crippen LogP contribution in [0.1, 0.15) is 18.9 Å². The average molecular weight is 363 g/mol. The van der Waals surface area contributed by atoms with Gasteiger partial charge in [0.25, 0.3) is 5.91 Å². The normalized spacial score (nSPS) is 15.8. The number of rotatable bonds is 4. The van der Waals surface area contributed by atoms with Crippen LogP contribution in [0, 0.1) is 0 Å². The first-order valence-electron chi connectivity index (χ1n) is 8.95. The van der Waals surface area contributed by atoms with E-state index in [0.29, 0.717) is 30.0 Å². The minimum atomic E-state index is -0.515. The Bertz CT molecular complexity index is 1040. The number of nitrogens with one attached hydrogen (secondary N) is 2. The predicted molar refractivity (Wildman–Crippen MR) is 105 cm³/mol. The third kappa shape index (κ3) is 3.38. The van der Waals surface area contributed by atoms with Crippen LogP contribution in [0.2, 0.25) is 0 Å². The molecular formula is C21H21N3O3. The molecule has 2 aromatic carbocycles. The Labute approximate surface area is 157 Å². The fourth-order valence-corrected chi connectivity index (χ4v) is 3.38. The van der Waals surface area contributed by atoms with Gasteiger partial charge in [-0.15, -0.1) is 0 Å². The Balaban J connectivity index is 1.42. The second-order valence-corrected chi connectivity index (χ2v) is 6.79. The smallest absolute Gasteiger partial charge is 0.265 e. The Hall–Kier alpha value is -3.28. The van der Waals surface area contributed by atoms with Gasteiger partial charge in [-0.05, 0) is 43.2 Å². The van der Waals surface area contributed by atoms with Crippen LogP contribution >= 0.6 is 0 Å². The van der Waals surface area contributed by atoms with Crippen LogP contribution in [0.15, 0.2) is 48.7 Å². The zero-order chi connectivity index (χ0) is 19.0. The number of hydrogen-bond donors (Lipinski definition) is 2. The number of nitrogens with zero attached hydrogens (tertiary/aromatic N) is 1. The molecule has 0 aliphatic carbocycles. The van der Waals surface area contributed by atoms with Crippen molar-refractivity contribution in [3.63, 3.8) is 0 Å². The van der Waals surface area contributed by atoms with Crippen molar-refractivity contribution < 1.29 is 14.3 Å². The third-order valence-corrected chi connectivity index (χ3v) is 4.80. The lowest BCUT2D eigenvalue weighted by Gasteiger charge is -2.23. The standard InChI is InChI=1S/C21H21N3O3/c1-13-21(26)23-17-11-15(8-9-19(17)27-13)22-20(25)10-7-14-12-24(2)18-6-4-3-5-16(14)18/h3-6,8-9,11-13H,7,10H2,1-2H3,(H,22,25)(H,23,26)/t13-/m0/s1. The summed E-state index contributed by atoms with van der Waals surface area (Å²) in [6.07, 6.45) is 2.60. The van der Waals surface area contributed by atoms with Crippen molar-refractivity contribution in [1.82, 2.24) is 4.57 Å². The topological polar surface area (TPSA) is 72.4 Å². The molecule has 3 aromatic rings. The second-order valence-electron chi connectivity index (χ2n) is 6.79. The number of carbonyl (C=O) groups is 2. The summed E-state index contributed by atoms with van der Waals surface area (Å²) in [6, 6.07) is 13.4. The van der Waals surface area contributed by atoms with E-state index in [-0.39, 0.29) is 11.8 Å². The maximum atomic E-state index is 12.4. The second kappa shape index (κ2) is 6.79. The van der Waals surface area contributed by atoms with E-state index in [1.165, 1.54) is 5.39 Å². The van der Waals surface area contributed by atoms with E-state index in [1.807, 2.05) is 19.2 Å². The lowest BCUT2D eigenvalue weighted by Crippen LogP contribution is -2.34. The Kier molecular flexibility index (Phi) is 4.32. The molecule has 1 aliphatic rings. The molecular weight excluding hydrogens is 342 g/mol. The summed E-state index contributed by atoms with van der Waals surface area (Å²) < 4.78 is 7.60. The highest BCUT2D eigenvalue weighted by Crippen LogP contribution is 2.32. The first-order chi connectivity index (χ1) is 13.0. The van der Waals surface area contributed by atoms with Crippen molar-refractivity contribution >= 4 is 34.1 Å². The van der Waals surface area contributed by atoms with Gasteiger partial charge in [-0.25, -0.2) is 0 Å². The summed E-state index contributed by atoms with van der Waals surface area (Å²) in [5.41, 5.74) is 3.52. The fraction of sp³-hybridized carbons (Fsp3) is 0.238. The van der Waals surface area contributed by atoms with Gasteiger partial charge in [-0.3, -0.25) is 9.59 Å². The van der Waals surface area contributed by atoms with Crippen LogP contribution in [0.3, 0.4) is 0 Å². The molecule has 0 fully saturated rings. The molecule has 6 nitrogen and oxygen atoms in total. The number of amides is 2. The van der Waals surface area contributed by atoms with Gasteiger partial charge >= 0.3 is 0 Å². The molecule has 138 valence electrons. The van der Waals surface area contributed by atoms with Crippen LogP contribution in [0.4, 0.5) is 11.4 Å². The Morgan fingerprint density at radius 3 is 2.93 bits per heavy atom. The molecule has 0 spiro atoms. The van der Waals surface area contributed by atoms with E-state index in [2.05, 4.69) is 33.5 Å². The summed E-state index contributed by atoms with van der Waals surface area (Å²) >= 11 is 0. The number of anilines is 2. The molecule has 2 amide bonds. The Morgan fingerprint density at radius 1 is 1.26 bits per heavy atom. The quantitative estimate of drug-likeness (QED) is 0.745. The zero-order valence-electron chi connectivity index (χ0n) is 15.3. The molecule has 1 aromatic heterocycles. The molecule has 0 saturated heterocycles. The van der Waals surface area contributed by atoms with Gasteiger partial charge in [-0.1, -0.05) is 18.2 Å². The predicted octanol–water partition coefficient (Wildman–Crippen LogP) is 3.47. The molecule has 2 N–H and O–H groups in total. The van der Waals surface area contributed by atoms with Crippen molar-refractivity contribution in [3.8, 4) is 5.75 Å². The van der Waals surface area contributed by atoms with Crippen LogP contribution in [0.25, 0.3) is 10.9 Å². The Morgan fingerprint density at radius 2 is 2.07 bits per heavy atom. The number of para-hydroxylation sites is 1. The van der Waals surface area contributed by atoms with E-state index in [0.717, 1.165) is 11.1 Å². The molecule has 27 heavy (non-hydrogen) atoms. The summed E-state index contributed by atoms with van der Waals surface area (Å²) in [4.78, 5) is 24.1. The van der Waals surface area contributed by atoms with Gasteiger partial charge in [-0.2, -0.15) is 0 Å². The van der Waals surface area contributed by atoms with E-state index in [4.69, 9.17) is 4.74 Å². The first kappa shape index (κ1) is 17.1. The molecule has 0 bridgehead atoms. The lowest BCUT2D eigenvalue weighted by molar-refractivity contribution is -0.122. The highest BCUT2D eigenvalue weighted by Gasteiger charge is 2.23. The van der Waals surface area contributed by atoms with E-state index < -0.39 is 6.10 Å². The lowest BCUT2D eigenvalue weighted by atomic mass is 10.1. The van der Waals surface area contributed by atoms with E-state index in [1.54, 1.807) is 25.1 Å². The van der Waals surface area contributed by atoms with E-state index in [9.17, 15) is 9.59 Å². The highest BCUT2D eigenvalue weighted by molar-refractivity contribution is 5.99. The number of carbonyl (C=O) groups excluding carboxylic acids is 2. The monoisotopic (exact) mass is 363 g/mol. The first-order valence-corrected chi connectivity index (χ1v) is 8.95. The van der Waals surface area contributed by atoms with Gasteiger partial charge in [0.15, 0.2) is 6.10 Å². The van der Waals surface area contributed by atoms with Crippen LogP contribution in [0.5, 0.6) is 5.75 Å². The van der Waals surface area contributed by atoms with Crippen LogP contribution in [-0.2, 0) is 23.1 Å². The van der Waals surface area contributed by atoms with Crippen LogP contribution in [-0.4, -0.2) is 22.5 Å². The molecule has 2 heterocycles. The SMILES string of the molecule is C[C@@H]1Oc2ccc(NC(=O)CCc3cn(C)c4ccccc34)cc2NC1=O. The minimum absolute atomic E-state index is 0.0701. The molecule has 4 rings (SSSR count). The van der Waals surface area contributed by atoms with Gasteiger partial charge in [0.1, 0.15) is 5.75 Å². The van der Waals surface area contributed by atoms with Gasteiger partial charge in [0.2, 0.25) is 5.91 Å². The number of aryl methyl sites for hydroxylation is 2. The van der Waals surface area contributed by atoms with Gasteiger partial charge in [0.05, 0.1) is 5.69 Å². The van der Waals surface area contributed by atoms with Crippen molar-refractivity contribution in [2.24, 2.45) is 7.05 Å². The molecule has 6 heteroatoms. The maximum absolute atomic E-state index is 12.4. The average Bonchev–Trinajstić information content (AvgIpc) is 2.98. The van der Waals surface area contributed by atoms with E-state index >= 15 is 0 Å². The minimum Gasteiger partial charge on any atom is -0.479 e. The van der Waals surface area contributed by atoms with Crippen molar-refractivity contribution in [1.29, 1.82) is 0 Å². The molecule has 1 atom stereocenters. The van der Waals surface area contributed by atoms with Crippen LogP contribution < -0.4 is 15.4 Å². The van der Waals surface area contributed by atoms with Crippen molar-refractivity contribution in [3.05, 3.63) is 54.2 Å². The van der Waals surface area contributed by atoms with Gasteiger partial charge in [0, 0.05) is 36.3 Å². The fourth-order valence-electron chi connectivity index (χ4n) is 3.38. The number of fused-ring (bicyclic) bond motifs is 2. The summed E-state index contributed by atoms with van der Waals surface area (Å²) in [5.74, 6) is 0.345. The zero-order valence-corrected chi connectivity index (χ0v) is 15.3. The molecule has 1 aliphatic heterocycles.